The van der Waals surface area contributed by atoms with Gasteiger partial charge in [0.05, 0.1) is 28.0 Å². The lowest BCUT2D eigenvalue weighted by Gasteiger charge is -2.17. The monoisotopic (exact) mass is 737 g/mol. The number of nitrogens with zero attached hydrogens (tertiary/aromatic N) is 3. The SMILES string of the molecule is C1=Cc2ccc(-c3cc(-c4c5ccccc5cc5ccccc45)cc(-c4nc5ccccc5n4-c4ccccc4)c3)cc2N=C(c2ccccc2)C=1c1ccccc1. The first-order chi connectivity index (χ1) is 28.7. The normalized spacial score (nSPS) is 12.3. The molecule has 1 aliphatic heterocycles. The van der Waals surface area contributed by atoms with Crippen molar-refractivity contribution < 1.29 is 0 Å². The van der Waals surface area contributed by atoms with Crippen LogP contribution >= 0.6 is 0 Å². The van der Waals surface area contributed by atoms with Crippen LogP contribution in [0.1, 0.15) is 16.7 Å². The number of benzene rings is 9. The molecular weight excluding hydrogens is 703 g/mol. The number of fused-ring (bicyclic) bond motifs is 4. The number of aromatic nitrogens is 2. The third-order valence-electron chi connectivity index (χ3n) is 11.1. The minimum atomic E-state index is 0.888. The number of para-hydroxylation sites is 3. The van der Waals surface area contributed by atoms with E-state index < -0.39 is 0 Å². The predicted molar refractivity (Wildman–Crippen MR) is 243 cm³/mol. The molecule has 58 heavy (non-hydrogen) atoms. The maximum atomic E-state index is 5.45. The Morgan fingerprint density at radius 3 is 1.78 bits per heavy atom. The highest BCUT2D eigenvalue weighted by Gasteiger charge is 2.20. The van der Waals surface area contributed by atoms with Gasteiger partial charge in [0.15, 0.2) is 0 Å². The molecule has 0 saturated heterocycles. The number of rotatable bonds is 6. The molecule has 0 amide bonds. The second-order valence-electron chi connectivity index (χ2n) is 14.7. The average molecular weight is 738 g/mol. The number of hydrogen-bond donors (Lipinski definition) is 0. The minimum absolute atomic E-state index is 0.888. The number of allylic oxidation sites excluding steroid dienone is 1. The van der Waals surface area contributed by atoms with Crippen molar-refractivity contribution in [3.05, 3.63) is 229 Å². The zero-order chi connectivity index (χ0) is 38.4. The van der Waals surface area contributed by atoms with Crippen molar-refractivity contribution in [2.75, 3.05) is 0 Å². The lowest BCUT2D eigenvalue weighted by molar-refractivity contribution is 1.10. The van der Waals surface area contributed by atoms with Crippen molar-refractivity contribution in [2.24, 2.45) is 4.99 Å². The van der Waals surface area contributed by atoms with Gasteiger partial charge in [-0.1, -0.05) is 152 Å². The zero-order valence-corrected chi connectivity index (χ0v) is 31.5. The van der Waals surface area contributed by atoms with Gasteiger partial charge in [0, 0.05) is 22.4 Å². The van der Waals surface area contributed by atoms with Gasteiger partial charge in [-0.05, 0) is 110 Å². The van der Waals surface area contributed by atoms with Crippen LogP contribution < -0.4 is 0 Å². The summed E-state index contributed by atoms with van der Waals surface area (Å²) in [6, 6.07) is 73.1. The van der Waals surface area contributed by atoms with Crippen molar-refractivity contribution in [2.45, 2.75) is 0 Å². The van der Waals surface area contributed by atoms with Gasteiger partial charge in [-0.15, -0.1) is 5.73 Å². The molecule has 1 aromatic heterocycles. The van der Waals surface area contributed by atoms with Crippen molar-refractivity contribution in [1.82, 2.24) is 9.55 Å². The fourth-order valence-corrected chi connectivity index (χ4v) is 8.42. The highest BCUT2D eigenvalue weighted by molar-refractivity contribution is 6.33. The molecule has 2 heterocycles. The summed E-state index contributed by atoms with van der Waals surface area (Å²) in [4.78, 5) is 10.8. The van der Waals surface area contributed by atoms with Crippen molar-refractivity contribution in [3.63, 3.8) is 0 Å². The van der Waals surface area contributed by atoms with Gasteiger partial charge in [-0.2, -0.15) is 0 Å². The van der Waals surface area contributed by atoms with Crippen LogP contribution in [0.15, 0.2) is 217 Å². The third-order valence-corrected chi connectivity index (χ3v) is 11.1. The van der Waals surface area contributed by atoms with Gasteiger partial charge in [0.2, 0.25) is 0 Å². The van der Waals surface area contributed by atoms with E-state index in [0.29, 0.717) is 0 Å². The smallest absolute Gasteiger partial charge is 0.145 e. The summed E-state index contributed by atoms with van der Waals surface area (Å²) >= 11 is 0. The molecule has 0 bridgehead atoms. The standard InChI is InChI=1S/C55H35N3/c1-4-16-37(17-5-1)49-31-30-38-28-29-40(36-51(38)56-54(49)39-18-6-2-7-19-39)43-33-44(53-47-24-12-10-20-41(47)32-42-21-11-13-25-48(42)53)35-45(34-43)55-57-50-26-14-15-27-52(50)58(55)46-22-8-3-9-23-46/h1-30,32-36H. The van der Waals surface area contributed by atoms with Gasteiger partial charge in [-0.3, -0.25) is 4.57 Å². The third kappa shape index (κ3) is 5.86. The van der Waals surface area contributed by atoms with Crippen LogP contribution in [0.25, 0.3) is 83.6 Å². The summed E-state index contributed by atoms with van der Waals surface area (Å²) < 4.78 is 2.29. The highest BCUT2D eigenvalue weighted by atomic mass is 15.1. The molecule has 0 fully saturated rings. The first-order valence-corrected chi connectivity index (χ1v) is 19.7. The summed E-state index contributed by atoms with van der Waals surface area (Å²) in [6.07, 6.45) is 2.08. The van der Waals surface area contributed by atoms with E-state index in [1.807, 2.05) is 12.1 Å². The Morgan fingerprint density at radius 1 is 0.431 bits per heavy atom. The fourth-order valence-electron chi connectivity index (χ4n) is 8.42. The Kier molecular flexibility index (Phi) is 8.10. The molecule has 3 nitrogen and oxygen atoms in total. The molecule has 1 aliphatic rings. The number of hydrogen-bond acceptors (Lipinski definition) is 2. The molecule has 270 valence electrons. The van der Waals surface area contributed by atoms with Gasteiger partial charge < -0.3 is 0 Å². The van der Waals surface area contributed by atoms with E-state index in [2.05, 4.69) is 210 Å². The van der Waals surface area contributed by atoms with Crippen molar-refractivity contribution in [1.29, 1.82) is 0 Å². The van der Waals surface area contributed by atoms with Crippen LogP contribution in [0.3, 0.4) is 0 Å². The molecule has 0 aliphatic carbocycles. The van der Waals surface area contributed by atoms with Gasteiger partial charge in [-0.25, -0.2) is 9.98 Å². The summed E-state index contributed by atoms with van der Waals surface area (Å²) in [5, 5.41) is 4.84. The van der Waals surface area contributed by atoms with E-state index in [-0.39, 0.29) is 0 Å². The summed E-state index contributed by atoms with van der Waals surface area (Å²) in [5.41, 5.74) is 18.1. The Balaban J connectivity index is 1.17. The van der Waals surface area contributed by atoms with E-state index in [9.17, 15) is 0 Å². The van der Waals surface area contributed by atoms with Crippen LogP contribution in [-0.2, 0) is 0 Å². The molecule has 0 saturated carbocycles. The lowest BCUT2D eigenvalue weighted by atomic mass is 9.89. The van der Waals surface area contributed by atoms with E-state index >= 15 is 0 Å². The van der Waals surface area contributed by atoms with Gasteiger partial charge >= 0.3 is 0 Å². The molecular formula is C55H35N3. The first-order valence-electron chi connectivity index (χ1n) is 19.7. The predicted octanol–water partition coefficient (Wildman–Crippen LogP) is 14.2. The van der Waals surface area contributed by atoms with E-state index in [0.717, 1.165) is 78.5 Å². The Hall–Kier alpha value is -7.84. The Bertz CT molecular complexity index is 3240. The number of aliphatic imine (C=N–C) groups is 1. The largest absolute Gasteiger partial charge is 0.292 e. The van der Waals surface area contributed by atoms with Crippen molar-refractivity contribution in [3.8, 4) is 39.3 Å². The maximum absolute atomic E-state index is 5.45. The molecule has 0 radical (unpaired) electrons. The molecule has 3 heteroatoms. The average Bonchev–Trinajstić information content (AvgIpc) is 3.58. The zero-order valence-electron chi connectivity index (χ0n) is 31.5. The lowest BCUT2D eigenvalue weighted by Crippen LogP contribution is -2.03. The second-order valence-corrected chi connectivity index (χ2v) is 14.7. The van der Waals surface area contributed by atoms with Gasteiger partial charge in [0.25, 0.3) is 0 Å². The molecule has 0 unspecified atom stereocenters. The highest BCUT2D eigenvalue weighted by Crippen LogP contribution is 2.42. The van der Waals surface area contributed by atoms with Crippen LogP contribution in [-0.4, -0.2) is 15.3 Å². The van der Waals surface area contributed by atoms with Crippen LogP contribution in [0, 0.1) is 0 Å². The molecule has 9 aromatic carbocycles. The summed E-state index contributed by atoms with van der Waals surface area (Å²) in [6.45, 7) is 0. The van der Waals surface area contributed by atoms with Crippen LogP contribution in [0.4, 0.5) is 5.69 Å². The van der Waals surface area contributed by atoms with Gasteiger partial charge in [0.1, 0.15) is 5.82 Å². The van der Waals surface area contributed by atoms with Crippen LogP contribution in [0.5, 0.6) is 0 Å². The summed E-state index contributed by atoms with van der Waals surface area (Å²) in [5.74, 6) is 0.888. The van der Waals surface area contributed by atoms with Crippen molar-refractivity contribution >= 4 is 55.6 Å². The molecule has 10 aromatic rings. The van der Waals surface area contributed by atoms with E-state index in [4.69, 9.17) is 9.98 Å². The Morgan fingerprint density at radius 2 is 1.03 bits per heavy atom. The van der Waals surface area contributed by atoms with E-state index in [1.54, 1.807) is 0 Å². The minimum Gasteiger partial charge on any atom is -0.292 e. The van der Waals surface area contributed by atoms with E-state index in [1.165, 1.54) is 27.1 Å². The molecule has 0 spiro atoms. The quantitative estimate of drug-likeness (QED) is 0.123. The fraction of sp³-hybridized carbons (Fsp3) is 0. The molecule has 0 atom stereocenters. The second kappa shape index (κ2) is 14.0. The Labute approximate surface area is 336 Å². The summed E-state index contributed by atoms with van der Waals surface area (Å²) in [7, 11) is 0. The first kappa shape index (κ1) is 33.5. The molecule has 11 rings (SSSR count). The number of imidazole rings is 1. The van der Waals surface area contributed by atoms with Crippen LogP contribution in [0.2, 0.25) is 0 Å². The topological polar surface area (TPSA) is 30.2 Å². The maximum Gasteiger partial charge on any atom is 0.145 e. The molecule has 0 N–H and O–H groups in total.